The van der Waals surface area contributed by atoms with E-state index in [1.54, 1.807) is 4.90 Å². The first-order valence-corrected chi connectivity index (χ1v) is 11.3. The van der Waals surface area contributed by atoms with Gasteiger partial charge in [0.1, 0.15) is 6.04 Å². The van der Waals surface area contributed by atoms with Crippen LogP contribution in [0.1, 0.15) is 54.1 Å². The number of hydrogen-bond acceptors (Lipinski definition) is 5. The minimum atomic E-state index is -0.435. The van der Waals surface area contributed by atoms with E-state index in [9.17, 15) is 9.59 Å². The number of likely N-dealkylation sites (tertiary alicyclic amines) is 1. The first-order chi connectivity index (χ1) is 15.6. The van der Waals surface area contributed by atoms with Gasteiger partial charge in [0, 0.05) is 25.0 Å². The number of carbonyl (C=O) groups is 2. The summed E-state index contributed by atoms with van der Waals surface area (Å²) >= 11 is 0. The zero-order valence-electron chi connectivity index (χ0n) is 17.8. The van der Waals surface area contributed by atoms with Crippen LogP contribution >= 0.6 is 0 Å². The highest BCUT2D eigenvalue weighted by molar-refractivity contribution is 5.93. The molecule has 2 fully saturated rings. The SMILES string of the molecule is Nc1nc(C2c3ccccc3CN2C=O)c2cc(C3(C(=O)N4CCCC4)CC3)ccc2n1. The number of amides is 2. The molecule has 2 aromatic carbocycles. The van der Waals surface area contributed by atoms with Gasteiger partial charge in [-0.05, 0) is 54.5 Å². The first-order valence-electron chi connectivity index (χ1n) is 11.3. The lowest BCUT2D eigenvalue weighted by Crippen LogP contribution is -2.37. The van der Waals surface area contributed by atoms with E-state index in [0.717, 1.165) is 78.5 Å². The van der Waals surface area contributed by atoms with Crippen LogP contribution in [0.25, 0.3) is 10.9 Å². The summed E-state index contributed by atoms with van der Waals surface area (Å²) in [6.07, 6.45) is 4.77. The molecule has 7 heteroatoms. The van der Waals surface area contributed by atoms with E-state index in [0.29, 0.717) is 6.54 Å². The van der Waals surface area contributed by atoms with Crippen LogP contribution in [0.15, 0.2) is 42.5 Å². The van der Waals surface area contributed by atoms with Crippen molar-refractivity contribution in [3.05, 3.63) is 64.8 Å². The molecule has 1 saturated carbocycles. The molecule has 3 heterocycles. The second-order valence-corrected chi connectivity index (χ2v) is 9.16. The van der Waals surface area contributed by atoms with Gasteiger partial charge in [0.05, 0.1) is 16.6 Å². The fourth-order valence-corrected chi connectivity index (χ4v) is 5.46. The van der Waals surface area contributed by atoms with Crippen molar-refractivity contribution in [3.8, 4) is 0 Å². The summed E-state index contributed by atoms with van der Waals surface area (Å²) in [6.45, 7) is 2.24. The molecule has 2 N–H and O–H groups in total. The Morgan fingerprint density at radius 3 is 2.62 bits per heavy atom. The number of carbonyl (C=O) groups excluding carboxylic acids is 2. The summed E-state index contributed by atoms with van der Waals surface area (Å²) in [5.41, 5.74) is 10.3. The number of nitrogens with zero attached hydrogens (tertiary/aromatic N) is 4. The van der Waals surface area contributed by atoms with Crippen molar-refractivity contribution in [2.24, 2.45) is 0 Å². The fraction of sp³-hybridized carbons (Fsp3) is 0.360. The summed E-state index contributed by atoms with van der Waals surface area (Å²) < 4.78 is 0. The maximum atomic E-state index is 13.3. The largest absolute Gasteiger partial charge is 0.368 e. The zero-order valence-corrected chi connectivity index (χ0v) is 17.8. The molecule has 1 atom stereocenters. The van der Waals surface area contributed by atoms with Crippen molar-refractivity contribution in [3.63, 3.8) is 0 Å². The molecule has 2 amide bonds. The van der Waals surface area contributed by atoms with Gasteiger partial charge in [0.25, 0.3) is 0 Å². The molecule has 3 aromatic rings. The molecular formula is C25H25N5O2. The van der Waals surface area contributed by atoms with Gasteiger partial charge in [0.15, 0.2) is 0 Å². The second kappa shape index (κ2) is 7.02. The van der Waals surface area contributed by atoms with Crippen LogP contribution in [0.5, 0.6) is 0 Å². The lowest BCUT2D eigenvalue weighted by Gasteiger charge is -2.25. The second-order valence-electron chi connectivity index (χ2n) is 9.16. The van der Waals surface area contributed by atoms with Gasteiger partial charge in [-0.3, -0.25) is 9.59 Å². The molecular weight excluding hydrogens is 402 g/mol. The van der Waals surface area contributed by atoms with Crippen molar-refractivity contribution < 1.29 is 9.59 Å². The Kier molecular flexibility index (Phi) is 4.22. The predicted molar refractivity (Wildman–Crippen MR) is 121 cm³/mol. The Morgan fingerprint density at radius 2 is 1.88 bits per heavy atom. The Morgan fingerprint density at radius 1 is 1.09 bits per heavy atom. The van der Waals surface area contributed by atoms with Gasteiger partial charge in [0.2, 0.25) is 18.3 Å². The Labute approximate surface area is 186 Å². The summed E-state index contributed by atoms with van der Waals surface area (Å²) in [4.78, 5) is 38.1. The average molecular weight is 428 g/mol. The lowest BCUT2D eigenvalue weighted by atomic mass is 9.91. The van der Waals surface area contributed by atoms with Crippen molar-refractivity contribution in [2.75, 3.05) is 18.8 Å². The van der Waals surface area contributed by atoms with Gasteiger partial charge in [-0.2, -0.15) is 0 Å². The van der Waals surface area contributed by atoms with E-state index < -0.39 is 5.41 Å². The van der Waals surface area contributed by atoms with Crippen molar-refractivity contribution >= 4 is 29.2 Å². The molecule has 6 rings (SSSR count). The number of nitrogens with two attached hydrogens (primary N) is 1. The quantitative estimate of drug-likeness (QED) is 0.647. The van der Waals surface area contributed by atoms with Gasteiger partial charge >= 0.3 is 0 Å². The van der Waals surface area contributed by atoms with Crippen molar-refractivity contribution in [1.82, 2.24) is 19.8 Å². The van der Waals surface area contributed by atoms with Crippen LogP contribution in [-0.4, -0.2) is 45.2 Å². The Bertz CT molecular complexity index is 1250. The molecule has 0 spiro atoms. The van der Waals surface area contributed by atoms with Crippen molar-refractivity contribution in [1.29, 1.82) is 0 Å². The number of rotatable bonds is 4. The Hall–Kier alpha value is -3.48. The minimum absolute atomic E-state index is 0.185. The van der Waals surface area contributed by atoms with E-state index in [4.69, 9.17) is 5.73 Å². The maximum Gasteiger partial charge on any atom is 0.233 e. The van der Waals surface area contributed by atoms with Crippen LogP contribution in [-0.2, 0) is 21.5 Å². The zero-order chi connectivity index (χ0) is 21.9. The monoisotopic (exact) mass is 427 g/mol. The molecule has 32 heavy (non-hydrogen) atoms. The van der Waals surface area contributed by atoms with Gasteiger partial charge in [-0.15, -0.1) is 0 Å². The maximum absolute atomic E-state index is 13.3. The van der Waals surface area contributed by atoms with Crippen LogP contribution in [0, 0.1) is 0 Å². The topological polar surface area (TPSA) is 92.4 Å². The molecule has 2 aliphatic heterocycles. The molecule has 1 aromatic heterocycles. The molecule has 1 aliphatic carbocycles. The highest BCUT2D eigenvalue weighted by Gasteiger charge is 2.53. The first kappa shape index (κ1) is 19.2. The third-order valence-corrected chi connectivity index (χ3v) is 7.28. The number of fused-ring (bicyclic) bond motifs is 2. The van der Waals surface area contributed by atoms with E-state index >= 15 is 0 Å². The highest BCUT2D eigenvalue weighted by Crippen LogP contribution is 2.51. The molecule has 0 radical (unpaired) electrons. The molecule has 1 saturated heterocycles. The number of benzene rings is 2. The predicted octanol–water partition coefficient (Wildman–Crippen LogP) is 2.93. The molecule has 3 aliphatic rings. The third-order valence-electron chi connectivity index (χ3n) is 7.28. The summed E-state index contributed by atoms with van der Waals surface area (Å²) in [5, 5.41) is 0.853. The lowest BCUT2D eigenvalue weighted by molar-refractivity contribution is -0.132. The number of aromatic nitrogens is 2. The van der Waals surface area contributed by atoms with E-state index in [1.807, 2.05) is 41.3 Å². The fourth-order valence-electron chi connectivity index (χ4n) is 5.46. The van der Waals surface area contributed by atoms with E-state index in [-0.39, 0.29) is 17.9 Å². The van der Waals surface area contributed by atoms with E-state index in [2.05, 4.69) is 16.0 Å². The van der Waals surface area contributed by atoms with E-state index in [1.165, 1.54) is 0 Å². The van der Waals surface area contributed by atoms with Crippen molar-refractivity contribution in [2.45, 2.75) is 43.7 Å². The minimum Gasteiger partial charge on any atom is -0.368 e. The molecule has 162 valence electrons. The van der Waals surface area contributed by atoms with Gasteiger partial charge in [-0.1, -0.05) is 30.3 Å². The van der Waals surface area contributed by atoms with Gasteiger partial charge < -0.3 is 15.5 Å². The van der Waals surface area contributed by atoms with Crippen LogP contribution in [0.2, 0.25) is 0 Å². The van der Waals surface area contributed by atoms with Crippen LogP contribution in [0.3, 0.4) is 0 Å². The molecule has 1 unspecified atom stereocenters. The highest BCUT2D eigenvalue weighted by atomic mass is 16.2. The number of hydrogen-bond donors (Lipinski definition) is 1. The summed E-state index contributed by atoms with van der Waals surface area (Å²) in [7, 11) is 0. The normalized spacial score (nSPS) is 21.1. The molecule has 7 nitrogen and oxygen atoms in total. The smallest absolute Gasteiger partial charge is 0.233 e. The Balaban J connectivity index is 1.50. The van der Waals surface area contributed by atoms with Crippen LogP contribution in [0.4, 0.5) is 5.95 Å². The van der Waals surface area contributed by atoms with Gasteiger partial charge in [-0.25, -0.2) is 9.97 Å². The average Bonchev–Trinajstić information content (AvgIpc) is 3.27. The summed E-state index contributed by atoms with van der Waals surface area (Å²) in [6, 6.07) is 13.7. The number of anilines is 1. The summed E-state index contributed by atoms with van der Waals surface area (Å²) in [5.74, 6) is 0.428. The number of nitrogen functional groups attached to an aromatic ring is 1. The molecule has 0 bridgehead atoms. The standard InChI is InChI=1S/C25H25N5O2/c26-24-27-20-8-7-17(25(9-10-25)23(32)29-11-3-4-12-29)13-19(20)21(28-24)22-18-6-2-1-5-16(18)14-30(22)15-31/h1-2,5-8,13,15,22H,3-4,9-12,14H2,(H2,26,27,28). The van der Waals surface area contributed by atoms with Crippen LogP contribution < -0.4 is 5.73 Å². The third kappa shape index (κ3) is 2.80.